The zero-order valence-corrected chi connectivity index (χ0v) is 10.5. The van der Waals surface area contributed by atoms with Crippen molar-refractivity contribution in [2.24, 2.45) is 0 Å². The molecule has 0 aromatic heterocycles. The molecule has 0 radical (unpaired) electrons. The predicted molar refractivity (Wildman–Crippen MR) is 64.8 cm³/mol. The summed E-state index contributed by atoms with van der Waals surface area (Å²) in [6, 6.07) is 4.99. The molecule has 1 rings (SSSR count). The van der Waals surface area contributed by atoms with Gasteiger partial charge in [0.2, 0.25) is 0 Å². The van der Waals surface area contributed by atoms with E-state index in [1.807, 2.05) is 20.8 Å². The van der Waals surface area contributed by atoms with E-state index in [1.165, 1.54) is 4.90 Å². The molecule has 1 N–H and O–H groups in total. The van der Waals surface area contributed by atoms with E-state index in [2.05, 4.69) is 0 Å². The fourth-order valence-electron chi connectivity index (χ4n) is 1.53. The minimum absolute atomic E-state index is 0.0505. The van der Waals surface area contributed by atoms with Crippen LogP contribution in [0.15, 0.2) is 18.2 Å². The van der Waals surface area contributed by atoms with Gasteiger partial charge in [0.25, 0.3) is 5.91 Å². The third kappa shape index (κ3) is 2.54. The van der Waals surface area contributed by atoms with E-state index in [1.54, 1.807) is 32.3 Å². The SMILES string of the molecule is CN(C)C(=O)c1ccc(O)c(C(C)(C)C)c1. The standard InChI is InChI=1S/C13H19NO2/c1-13(2,3)10-8-9(6-7-11(10)15)12(16)14(4)5/h6-8,15H,1-5H3. The van der Waals surface area contributed by atoms with Gasteiger partial charge in [-0.05, 0) is 23.6 Å². The summed E-state index contributed by atoms with van der Waals surface area (Å²) < 4.78 is 0. The summed E-state index contributed by atoms with van der Waals surface area (Å²) in [6.07, 6.45) is 0. The van der Waals surface area contributed by atoms with Gasteiger partial charge in [-0.2, -0.15) is 0 Å². The largest absolute Gasteiger partial charge is 0.508 e. The third-order valence-electron chi connectivity index (χ3n) is 2.46. The second-order valence-electron chi connectivity index (χ2n) is 5.18. The van der Waals surface area contributed by atoms with E-state index in [9.17, 15) is 9.90 Å². The molecule has 0 heterocycles. The lowest BCUT2D eigenvalue weighted by Gasteiger charge is -2.21. The molecular formula is C13H19NO2. The summed E-state index contributed by atoms with van der Waals surface area (Å²) in [5, 5.41) is 9.77. The molecule has 16 heavy (non-hydrogen) atoms. The number of phenols is 1. The van der Waals surface area contributed by atoms with E-state index in [0.717, 1.165) is 5.56 Å². The van der Waals surface area contributed by atoms with Gasteiger partial charge in [-0.15, -0.1) is 0 Å². The lowest BCUT2D eigenvalue weighted by Crippen LogP contribution is -2.22. The predicted octanol–water partition coefficient (Wildman–Crippen LogP) is 2.39. The van der Waals surface area contributed by atoms with Gasteiger partial charge < -0.3 is 10.0 Å². The second-order valence-corrected chi connectivity index (χ2v) is 5.18. The van der Waals surface area contributed by atoms with Crippen molar-refractivity contribution in [1.82, 2.24) is 4.90 Å². The van der Waals surface area contributed by atoms with E-state index in [4.69, 9.17) is 0 Å². The minimum Gasteiger partial charge on any atom is -0.508 e. The van der Waals surface area contributed by atoms with E-state index in [0.29, 0.717) is 5.56 Å². The Kier molecular flexibility index (Phi) is 3.27. The van der Waals surface area contributed by atoms with Crippen LogP contribution in [0.4, 0.5) is 0 Å². The Morgan fingerprint density at radius 3 is 2.25 bits per heavy atom. The van der Waals surface area contributed by atoms with Crippen LogP contribution in [0.3, 0.4) is 0 Å². The molecule has 0 aliphatic rings. The lowest BCUT2D eigenvalue weighted by molar-refractivity contribution is 0.0827. The van der Waals surface area contributed by atoms with Crippen molar-refractivity contribution in [3.63, 3.8) is 0 Å². The van der Waals surface area contributed by atoms with Crippen LogP contribution in [0.5, 0.6) is 5.75 Å². The monoisotopic (exact) mass is 221 g/mol. The van der Waals surface area contributed by atoms with Crippen molar-refractivity contribution in [2.45, 2.75) is 26.2 Å². The van der Waals surface area contributed by atoms with Crippen molar-refractivity contribution in [2.75, 3.05) is 14.1 Å². The Balaban J connectivity index is 3.23. The first-order valence-corrected chi connectivity index (χ1v) is 5.28. The maximum absolute atomic E-state index is 11.8. The maximum atomic E-state index is 11.8. The fourth-order valence-corrected chi connectivity index (χ4v) is 1.53. The van der Waals surface area contributed by atoms with Crippen LogP contribution in [-0.2, 0) is 5.41 Å². The van der Waals surface area contributed by atoms with Crippen LogP contribution in [0.1, 0.15) is 36.7 Å². The van der Waals surface area contributed by atoms with Crippen molar-refractivity contribution in [3.8, 4) is 5.75 Å². The van der Waals surface area contributed by atoms with Gasteiger partial charge in [0.1, 0.15) is 5.75 Å². The van der Waals surface area contributed by atoms with Crippen molar-refractivity contribution in [1.29, 1.82) is 0 Å². The first kappa shape index (κ1) is 12.6. The summed E-state index contributed by atoms with van der Waals surface area (Å²) in [6.45, 7) is 6.02. The molecule has 0 fully saturated rings. The molecule has 1 amide bonds. The number of nitrogens with zero attached hydrogens (tertiary/aromatic N) is 1. The normalized spacial score (nSPS) is 11.3. The van der Waals surface area contributed by atoms with Crippen LogP contribution < -0.4 is 0 Å². The van der Waals surface area contributed by atoms with Crippen LogP contribution in [0.2, 0.25) is 0 Å². The zero-order valence-electron chi connectivity index (χ0n) is 10.5. The van der Waals surface area contributed by atoms with Gasteiger partial charge >= 0.3 is 0 Å². The molecule has 88 valence electrons. The number of rotatable bonds is 1. The average Bonchev–Trinajstić information content (AvgIpc) is 2.15. The maximum Gasteiger partial charge on any atom is 0.253 e. The van der Waals surface area contributed by atoms with Gasteiger partial charge in [-0.3, -0.25) is 4.79 Å². The molecule has 0 atom stereocenters. The molecule has 0 saturated heterocycles. The Hall–Kier alpha value is -1.51. The van der Waals surface area contributed by atoms with Gasteiger partial charge in [0.15, 0.2) is 0 Å². The van der Waals surface area contributed by atoms with Crippen molar-refractivity contribution >= 4 is 5.91 Å². The molecule has 3 nitrogen and oxygen atoms in total. The van der Waals surface area contributed by atoms with Crippen LogP contribution >= 0.6 is 0 Å². The third-order valence-corrected chi connectivity index (χ3v) is 2.46. The summed E-state index contributed by atoms with van der Waals surface area (Å²) in [5.41, 5.74) is 1.22. The van der Waals surface area contributed by atoms with Crippen LogP contribution in [0, 0.1) is 0 Å². The molecule has 0 aliphatic heterocycles. The summed E-state index contributed by atoms with van der Waals surface area (Å²) in [4.78, 5) is 13.3. The number of carbonyl (C=O) groups excluding carboxylic acids is 1. The number of phenolic OH excluding ortho intramolecular Hbond substituents is 1. The highest BCUT2D eigenvalue weighted by atomic mass is 16.3. The topological polar surface area (TPSA) is 40.5 Å². The smallest absolute Gasteiger partial charge is 0.253 e. The number of carbonyl (C=O) groups is 1. The lowest BCUT2D eigenvalue weighted by atomic mass is 9.85. The van der Waals surface area contributed by atoms with Crippen molar-refractivity contribution in [3.05, 3.63) is 29.3 Å². The summed E-state index contributed by atoms with van der Waals surface area (Å²) >= 11 is 0. The van der Waals surface area contributed by atoms with Crippen molar-refractivity contribution < 1.29 is 9.90 Å². The van der Waals surface area contributed by atoms with Crippen LogP contribution in [-0.4, -0.2) is 30.0 Å². The highest BCUT2D eigenvalue weighted by Gasteiger charge is 2.20. The number of benzene rings is 1. The number of hydrogen-bond acceptors (Lipinski definition) is 2. The molecule has 3 heteroatoms. The van der Waals surface area contributed by atoms with Gasteiger partial charge in [0.05, 0.1) is 0 Å². The van der Waals surface area contributed by atoms with E-state index >= 15 is 0 Å². The van der Waals surface area contributed by atoms with Gasteiger partial charge in [-0.1, -0.05) is 20.8 Å². The molecular weight excluding hydrogens is 202 g/mol. The zero-order chi connectivity index (χ0) is 12.5. The minimum atomic E-state index is -0.174. The Labute approximate surface area is 96.7 Å². The van der Waals surface area contributed by atoms with E-state index in [-0.39, 0.29) is 17.1 Å². The second kappa shape index (κ2) is 4.16. The summed E-state index contributed by atoms with van der Waals surface area (Å²) in [5.74, 6) is 0.188. The number of amides is 1. The first-order valence-electron chi connectivity index (χ1n) is 5.28. The van der Waals surface area contributed by atoms with Gasteiger partial charge in [0, 0.05) is 25.2 Å². The highest BCUT2D eigenvalue weighted by Crippen LogP contribution is 2.31. The summed E-state index contributed by atoms with van der Waals surface area (Å²) in [7, 11) is 3.43. The van der Waals surface area contributed by atoms with Gasteiger partial charge in [-0.25, -0.2) is 0 Å². The Morgan fingerprint density at radius 1 is 1.25 bits per heavy atom. The molecule has 0 aliphatic carbocycles. The molecule has 1 aromatic carbocycles. The molecule has 0 spiro atoms. The number of hydrogen-bond donors (Lipinski definition) is 1. The quantitative estimate of drug-likeness (QED) is 0.791. The van der Waals surface area contributed by atoms with Crippen LogP contribution in [0.25, 0.3) is 0 Å². The number of aromatic hydroxyl groups is 1. The molecule has 1 aromatic rings. The van der Waals surface area contributed by atoms with E-state index < -0.39 is 0 Å². The Morgan fingerprint density at radius 2 is 1.81 bits per heavy atom. The Bertz CT molecular complexity index is 403. The first-order chi connectivity index (χ1) is 7.23. The molecule has 0 saturated carbocycles. The fraction of sp³-hybridized carbons (Fsp3) is 0.462. The average molecular weight is 221 g/mol. The molecule has 0 bridgehead atoms. The highest BCUT2D eigenvalue weighted by molar-refractivity contribution is 5.94. The molecule has 0 unspecified atom stereocenters.